The van der Waals surface area contributed by atoms with Crippen molar-refractivity contribution in [3.8, 4) is 23.7 Å². The third kappa shape index (κ3) is 4.63. The van der Waals surface area contributed by atoms with E-state index < -0.39 is 0 Å². The average molecular weight is 549 g/mol. The number of para-hydroxylation sites is 2. The van der Waals surface area contributed by atoms with Gasteiger partial charge in [0.25, 0.3) is 0 Å². The topological polar surface area (TPSA) is 6.48 Å². The molecule has 2 aliphatic rings. The molecule has 7 rings (SSSR count). The molecule has 0 amide bonds. The van der Waals surface area contributed by atoms with Crippen molar-refractivity contribution in [3.05, 3.63) is 131 Å². The Labute approximate surface area is 244 Å². The van der Waals surface area contributed by atoms with Gasteiger partial charge in [-0.15, -0.1) is 0 Å². The monoisotopic (exact) mass is 548 g/mol. The normalized spacial score (nSPS) is 12.6. The second-order valence-corrected chi connectivity index (χ2v) is 11.9. The maximum Gasteiger partial charge on any atom is 0.0551 e. The number of hydrogen-bond donors (Lipinski definition) is 0. The zero-order valence-electron chi connectivity index (χ0n) is 22.1. The zero-order valence-corrected chi connectivity index (χ0v) is 23.7. The lowest BCUT2D eigenvalue weighted by atomic mass is 10.1. The van der Waals surface area contributed by atoms with Crippen molar-refractivity contribution in [1.29, 1.82) is 0 Å². The van der Waals surface area contributed by atoms with Crippen molar-refractivity contribution in [3.63, 3.8) is 0 Å². The van der Waals surface area contributed by atoms with Crippen LogP contribution in [0, 0.1) is 23.7 Å². The van der Waals surface area contributed by atoms with E-state index in [2.05, 4.69) is 133 Å². The minimum atomic E-state index is 0.977. The van der Waals surface area contributed by atoms with Gasteiger partial charge in [-0.1, -0.05) is 71.5 Å². The Hall–Kier alpha value is -4.48. The van der Waals surface area contributed by atoms with Crippen LogP contribution in [-0.4, -0.2) is 14.1 Å². The summed E-state index contributed by atoms with van der Waals surface area (Å²) in [7, 11) is 4.24. The molecule has 0 saturated heterocycles. The smallest absolute Gasteiger partial charge is 0.0551 e. The molecule has 0 unspecified atom stereocenters. The Balaban J connectivity index is 1.07. The summed E-state index contributed by atoms with van der Waals surface area (Å²) in [5, 5.41) is 0. The van der Waals surface area contributed by atoms with Crippen LogP contribution in [0.4, 0.5) is 22.7 Å². The maximum absolute atomic E-state index is 3.34. The molecule has 5 aromatic carbocycles. The van der Waals surface area contributed by atoms with Crippen molar-refractivity contribution >= 4 is 46.3 Å². The third-order valence-electron chi connectivity index (χ3n) is 7.12. The van der Waals surface area contributed by atoms with Crippen molar-refractivity contribution in [2.75, 3.05) is 23.9 Å². The molecular formula is C36H24N2S2. The Bertz CT molecular complexity index is 1760. The molecule has 2 heterocycles. The van der Waals surface area contributed by atoms with E-state index in [1.807, 2.05) is 24.3 Å². The van der Waals surface area contributed by atoms with Gasteiger partial charge in [0.1, 0.15) is 0 Å². The first-order valence-electron chi connectivity index (χ1n) is 13.1. The highest BCUT2D eigenvalue weighted by molar-refractivity contribution is 8.00. The highest BCUT2D eigenvalue weighted by atomic mass is 32.2. The molecule has 0 spiro atoms. The highest BCUT2D eigenvalue weighted by Crippen LogP contribution is 2.48. The van der Waals surface area contributed by atoms with E-state index >= 15 is 0 Å². The fraction of sp³-hybridized carbons (Fsp3) is 0.0556. The highest BCUT2D eigenvalue weighted by Gasteiger charge is 2.21. The van der Waals surface area contributed by atoms with Crippen LogP contribution in [0.1, 0.15) is 22.3 Å². The van der Waals surface area contributed by atoms with Gasteiger partial charge >= 0.3 is 0 Å². The van der Waals surface area contributed by atoms with Gasteiger partial charge in [0.15, 0.2) is 0 Å². The maximum atomic E-state index is 3.34. The lowest BCUT2D eigenvalue weighted by molar-refractivity contribution is 1.11. The quantitative estimate of drug-likeness (QED) is 0.178. The Morgan fingerprint density at radius 1 is 0.400 bits per heavy atom. The Morgan fingerprint density at radius 3 is 1.20 bits per heavy atom. The first kappa shape index (κ1) is 24.6. The van der Waals surface area contributed by atoms with Gasteiger partial charge in [0.2, 0.25) is 0 Å². The van der Waals surface area contributed by atoms with Gasteiger partial charge < -0.3 is 9.80 Å². The lowest BCUT2D eigenvalue weighted by Crippen LogP contribution is -2.14. The summed E-state index contributed by atoms with van der Waals surface area (Å²) in [5.41, 5.74) is 8.90. The Morgan fingerprint density at radius 2 is 0.750 bits per heavy atom. The minimum Gasteiger partial charge on any atom is -0.343 e. The van der Waals surface area contributed by atoms with Gasteiger partial charge in [0.05, 0.1) is 22.7 Å². The van der Waals surface area contributed by atoms with Crippen LogP contribution in [0.2, 0.25) is 0 Å². The summed E-state index contributed by atoms with van der Waals surface area (Å²) in [6, 6.07) is 38.1. The average Bonchev–Trinajstić information content (AvgIpc) is 2.99. The van der Waals surface area contributed by atoms with Crippen LogP contribution in [0.25, 0.3) is 0 Å². The van der Waals surface area contributed by atoms with Crippen molar-refractivity contribution in [1.82, 2.24) is 0 Å². The molecule has 190 valence electrons. The predicted molar refractivity (Wildman–Crippen MR) is 169 cm³/mol. The number of hydrogen-bond acceptors (Lipinski definition) is 4. The summed E-state index contributed by atoms with van der Waals surface area (Å²) in [6.07, 6.45) is 0. The largest absolute Gasteiger partial charge is 0.343 e. The molecule has 0 bridgehead atoms. The van der Waals surface area contributed by atoms with Crippen LogP contribution in [0.3, 0.4) is 0 Å². The minimum absolute atomic E-state index is 0.977. The Kier molecular flexibility index (Phi) is 6.29. The van der Waals surface area contributed by atoms with Gasteiger partial charge in [-0.25, -0.2) is 0 Å². The van der Waals surface area contributed by atoms with Gasteiger partial charge in [-0.2, -0.15) is 0 Å². The van der Waals surface area contributed by atoms with Crippen LogP contribution in [0.5, 0.6) is 0 Å². The molecule has 0 saturated carbocycles. The molecule has 0 atom stereocenters. The van der Waals surface area contributed by atoms with Gasteiger partial charge in [-0.3, -0.25) is 0 Å². The summed E-state index contributed by atoms with van der Waals surface area (Å²) < 4.78 is 0. The number of nitrogens with zero attached hydrogens (tertiary/aromatic N) is 2. The standard InChI is InChI=1S/C36H24N2S2/c1-37-29-7-3-5-9-33(29)39-35-23-27(19-21-31(35)37)17-15-25-11-13-26(14-12-25)16-18-28-20-22-32-36(24-28)40-34-10-6-4-8-30(34)38(32)2/h3-14,19-24H,1-2H3. The molecule has 4 heteroatoms. The molecule has 2 nitrogen and oxygen atoms in total. The fourth-order valence-corrected chi connectivity index (χ4v) is 7.34. The fourth-order valence-electron chi connectivity index (χ4n) is 4.96. The van der Waals surface area contributed by atoms with Crippen molar-refractivity contribution in [2.45, 2.75) is 19.6 Å². The summed E-state index contributed by atoms with van der Waals surface area (Å²) >= 11 is 3.61. The van der Waals surface area contributed by atoms with E-state index in [1.165, 1.54) is 42.3 Å². The summed E-state index contributed by atoms with van der Waals surface area (Å²) in [6.45, 7) is 0. The summed E-state index contributed by atoms with van der Waals surface area (Å²) in [4.78, 5) is 9.50. The first-order chi connectivity index (χ1) is 19.6. The van der Waals surface area contributed by atoms with Crippen molar-refractivity contribution < 1.29 is 0 Å². The predicted octanol–water partition coefficient (Wildman–Crippen LogP) is 8.95. The molecule has 5 aromatic rings. The molecule has 0 aromatic heterocycles. The second kappa shape index (κ2) is 10.2. The van der Waals surface area contributed by atoms with Gasteiger partial charge in [-0.05, 0) is 84.9 Å². The number of benzene rings is 5. The van der Waals surface area contributed by atoms with Gasteiger partial charge in [0, 0.05) is 55.9 Å². The van der Waals surface area contributed by atoms with Crippen LogP contribution < -0.4 is 9.80 Å². The van der Waals surface area contributed by atoms with E-state index in [1.54, 1.807) is 23.5 Å². The molecule has 2 aliphatic heterocycles. The molecular weight excluding hydrogens is 525 g/mol. The van der Waals surface area contributed by atoms with E-state index in [4.69, 9.17) is 0 Å². The molecule has 0 radical (unpaired) electrons. The molecule has 0 aliphatic carbocycles. The van der Waals surface area contributed by atoms with Crippen LogP contribution >= 0.6 is 23.5 Å². The zero-order chi connectivity index (χ0) is 27.1. The van der Waals surface area contributed by atoms with E-state index in [9.17, 15) is 0 Å². The number of fused-ring (bicyclic) bond motifs is 4. The third-order valence-corrected chi connectivity index (χ3v) is 9.35. The van der Waals surface area contributed by atoms with E-state index in [0.717, 1.165) is 22.3 Å². The SMILES string of the molecule is CN1c2ccccc2Sc2cc(C#Cc3ccc(C#Cc4ccc5c(c4)Sc4ccccc4N5C)cc3)ccc21. The van der Waals surface area contributed by atoms with E-state index in [-0.39, 0.29) is 0 Å². The van der Waals surface area contributed by atoms with Crippen LogP contribution in [-0.2, 0) is 0 Å². The molecule has 0 fully saturated rings. The molecule has 0 N–H and O–H groups in total. The second-order valence-electron chi connectivity index (χ2n) is 9.70. The summed E-state index contributed by atoms with van der Waals surface area (Å²) in [5.74, 6) is 13.3. The van der Waals surface area contributed by atoms with E-state index in [0.29, 0.717) is 0 Å². The van der Waals surface area contributed by atoms with Crippen LogP contribution in [0.15, 0.2) is 129 Å². The van der Waals surface area contributed by atoms with Crippen molar-refractivity contribution in [2.24, 2.45) is 0 Å². The number of anilines is 4. The lowest BCUT2D eigenvalue weighted by Gasteiger charge is -2.29. The number of rotatable bonds is 0. The molecule has 40 heavy (non-hydrogen) atoms. The first-order valence-corrected chi connectivity index (χ1v) is 14.7.